The second-order valence-corrected chi connectivity index (χ2v) is 6.08. The first-order chi connectivity index (χ1) is 10.8. The van der Waals surface area contributed by atoms with E-state index in [1.807, 2.05) is 7.05 Å². The summed E-state index contributed by atoms with van der Waals surface area (Å²) in [5.74, 6) is 0.795. The van der Waals surface area contributed by atoms with Gasteiger partial charge in [0.25, 0.3) is 0 Å². The Morgan fingerprint density at radius 1 is 1.50 bits per heavy atom. The molecule has 120 valence electrons. The van der Waals surface area contributed by atoms with Crippen molar-refractivity contribution in [3.05, 3.63) is 10.9 Å². The molecule has 3 rings (SSSR count). The third-order valence-electron chi connectivity index (χ3n) is 3.66. The summed E-state index contributed by atoms with van der Waals surface area (Å²) in [4.78, 5) is 8.54. The Kier molecular flexibility index (Phi) is 5.22. The number of nitrogens with one attached hydrogen (secondary N) is 1. The number of aromatic nitrogens is 4. The number of hydrogen-bond donors (Lipinski definition) is 1. The fraction of sp³-hybridized carbons (Fsp3) is 0.643. The summed E-state index contributed by atoms with van der Waals surface area (Å²) >= 11 is 3.45. The third kappa shape index (κ3) is 3.56. The minimum Gasteiger partial charge on any atom is -0.379 e. The molecule has 8 heteroatoms. The predicted octanol–water partition coefficient (Wildman–Crippen LogP) is 2.12. The Bertz CT molecular complexity index is 627. The number of hydrogen-bond acceptors (Lipinski definition) is 6. The van der Waals surface area contributed by atoms with Crippen LogP contribution in [0.2, 0.25) is 0 Å². The first-order valence-electron chi connectivity index (χ1n) is 7.52. The quantitative estimate of drug-likeness (QED) is 0.753. The van der Waals surface area contributed by atoms with Crippen molar-refractivity contribution >= 4 is 32.8 Å². The van der Waals surface area contributed by atoms with Crippen LogP contribution < -0.4 is 5.32 Å². The van der Waals surface area contributed by atoms with Crippen LogP contribution in [0.3, 0.4) is 0 Å². The highest BCUT2D eigenvalue weighted by Gasteiger charge is 2.15. The summed E-state index contributed by atoms with van der Waals surface area (Å²) in [6, 6.07) is 0. The zero-order chi connectivity index (χ0) is 15.4. The minimum absolute atomic E-state index is 0.292. The highest BCUT2D eigenvalue weighted by molar-refractivity contribution is 9.10. The Morgan fingerprint density at radius 2 is 2.41 bits per heavy atom. The van der Waals surface area contributed by atoms with E-state index in [4.69, 9.17) is 9.47 Å². The summed E-state index contributed by atoms with van der Waals surface area (Å²) in [6.07, 6.45) is 5.02. The van der Waals surface area contributed by atoms with Crippen molar-refractivity contribution in [2.75, 3.05) is 31.7 Å². The van der Waals surface area contributed by atoms with Crippen molar-refractivity contribution in [1.82, 2.24) is 19.7 Å². The van der Waals surface area contributed by atoms with Gasteiger partial charge in [-0.15, -0.1) is 0 Å². The van der Waals surface area contributed by atoms with Crippen molar-refractivity contribution in [1.29, 1.82) is 0 Å². The van der Waals surface area contributed by atoms with Gasteiger partial charge in [-0.25, -0.2) is 14.6 Å². The Labute approximate surface area is 137 Å². The lowest BCUT2D eigenvalue weighted by Crippen LogP contribution is -2.15. The van der Waals surface area contributed by atoms with Crippen LogP contribution in [0.15, 0.2) is 10.9 Å². The van der Waals surface area contributed by atoms with Gasteiger partial charge in [0.1, 0.15) is 16.7 Å². The summed E-state index contributed by atoms with van der Waals surface area (Å²) in [7, 11) is 1.86. The van der Waals surface area contributed by atoms with Crippen LogP contribution in [0.5, 0.6) is 0 Å². The molecule has 1 aliphatic rings. The van der Waals surface area contributed by atoms with E-state index in [1.165, 1.54) is 0 Å². The van der Waals surface area contributed by atoms with Gasteiger partial charge in [-0.2, -0.15) is 5.10 Å². The van der Waals surface area contributed by atoms with E-state index >= 15 is 0 Å². The SMILES string of the molecule is Cn1nc(Br)c2c(NCCCOC[C@H]3CCCO3)ncnc21. The van der Waals surface area contributed by atoms with Gasteiger partial charge in [0.2, 0.25) is 0 Å². The van der Waals surface area contributed by atoms with Crippen LogP contribution in [0.1, 0.15) is 19.3 Å². The second-order valence-electron chi connectivity index (χ2n) is 5.33. The number of rotatable bonds is 7. The molecular weight excluding hydrogens is 350 g/mol. The Morgan fingerprint density at radius 3 is 3.23 bits per heavy atom. The van der Waals surface area contributed by atoms with Crippen molar-refractivity contribution < 1.29 is 9.47 Å². The van der Waals surface area contributed by atoms with E-state index in [-0.39, 0.29) is 0 Å². The van der Waals surface area contributed by atoms with Crippen molar-refractivity contribution in [3.8, 4) is 0 Å². The average molecular weight is 370 g/mol. The molecule has 0 bridgehead atoms. The lowest BCUT2D eigenvalue weighted by Gasteiger charge is -2.10. The largest absolute Gasteiger partial charge is 0.379 e. The second kappa shape index (κ2) is 7.34. The van der Waals surface area contributed by atoms with Gasteiger partial charge in [-0.1, -0.05) is 0 Å². The molecule has 0 spiro atoms. The molecular formula is C14H20BrN5O2. The van der Waals surface area contributed by atoms with E-state index < -0.39 is 0 Å². The fourth-order valence-electron chi connectivity index (χ4n) is 2.55. The van der Waals surface area contributed by atoms with E-state index in [0.29, 0.717) is 12.7 Å². The maximum Gasteiger partial charge on any atom is 0.164 e. The van der Waals surface area contributed by atoms with Gasteiger partial charge in [-0.05, 0) is 35.2 Å². The lowest BCUT2D eigenvalue weighted by molar-refractivity contribution is 0.0172. The molecule has 1 aliphatic heterocycles. The molecule has 0 aliphatic carbocycles. The molecule has 0 unspecified atom stereocenters. The zero-order valence-electron chi connectivity index (χ0n) is 12.6. The number of ether oxygens (including phenoxy) is 2. The molecule has 0 aromatic carbocycles. The van der Waals surface area contributed by atoms with Gasteiger partial charge >= 0.3 is 0 Å². The molecule has 1 saturated heterocycles. The third-order valence-corrected chi connectivity index (χ3v) is 4.22. The first-order valence-corrected chi connectivity index (χ1v) is 8.31. The molecule has 22 heavy (non-hydrogen) atoms. The minimum atomic E-state index is 0.292. The molecule has 7 nitrogen and oxygen atoms in total. The fourth-order valence-corrected chi connectivity index (χ4v) is 3.15. The van der Waals surface area contributed by atoms with Gasteiger partial charge in [-0.3, -0.25) is 0 Å². The molecule has 1 N–H and O–H groups in total. The summed E-state index contributed by atoms with van der Waals surface area (Å²) < 4.78 is 13.7. The number of nitrogens with zero attached hydrogens (tertiary/aromatic N) is 4. The molecule has 0 saturated carbocycles. The smallest absolute Gasteiger partial charge is 0.164 e. The highest BCUT2D eigenvalue weighted by Crippen LogP contribution is 2.26. The molecule has 2 aromatic heterocycles. The topological polar surface area (TPSA) is 74.1 Å². The normalized spacial score (nSPS) is 18.2. The molecule has 1 fully saturated rings. The number of fused-ring (bicyclic) bond motifs is 1. The summed E-state index contributed by atoms with van der Waals surface area (Å²) in [6.45, 7) is 3.08. The standard InChI is InChI=1S/C14H20BrN5O2/c1-20-14-11(12(15)19-20)13(17-9-18-14)16-5-3-6-21-8-10-4-2-7-22-10/h9-10H,2-8H2,1H3,(H,16,17,18)/t10-/m1/s1. The maximum absolute atomic E-state index is 5.65. The van der Waals surface area contributed by atoms with Crippen LogP contribution in [-0.4, -0.2) is 52.2 Å². The van der Waals surface area contributed by atoms with Crippen LogP contribution in [0.25, 0.3) is 11.0 Å². The van der Waals surface area contributed by atoms with Crippen LogP contribution in [-0.2, 0) is 16.5 Å². The monoisotopic (exact) mass is 369 g/mol. The van der Waals surface area contributed by atoms with Crippen LogP contribution >= 0.6 is 15.9 Å². The van der Waals surface area contributed by atoms with Crippen molar-refractivity contribution in [3.63, 3.8) is 0 Å². The summed E-state index contributed by atoms with van der Waals surface area (Å²) in [5, 5.41) is 8.54. The van der Waals surface area contributed by atoms with Crippen LogP contribution in [0, 0.1) is 0 Å². The van der Waals surface area contributed by atoms with Gasteiger partial charge in [0.05, 0.1) is 18.1 Å². The van der Waals surface area contributed by atoms with Gasteiger partial charge in [0, 0.05) is 26.8 Å². The van der Waals surface area contributed by atoms with Crippen molar-refractivity contribution in [2.24, 2.45) is 7.05 Å². The lowest BCUT2D eigenvalue weighted by atomic mass is 10.2. The van der Waals surface area contributed by atoms with Gasteiger partial charge in [0.15, 0.2) is 5.65 Å². The molecule has 2 aromatic rings. The average Bonchev–Trinajstić information content (AvgIpc) is 3.12. The van der Waals surface area contributed by atoms with E-state index in [1.54, 1.807) is 11.0 Å². The summed E-state index contributed by atoms with van der Waals surface area (Å²) in [5.41, 5.74) is 0.805. The predicted molar refractivity (Wildman–Crippen MR) is 86.9 cm³/mol. The first kappa shape index (κ1) is 15.6. The molecule has 0 amide bonds. The van der Waals surface area contributed by atoms with E-state index in [9.17, 15) is 0 Å². The maximum atomic E-state index is 5.65. The number of aryl methyl sites for hydroxylation is 1. The molecule has 0 radical (unpaired) electrons. The zero-order valence-corrected chi connectivity index (χ0v) is 14.2. The molecule has 1 atom stereocenters. The Hall–Kier alpha value is -1.25. The number of anilines is 1. The highest BCUT2D eigenvalue weighted by atomic mass is 79.9. The van der Waals surface area contributed by atoms with E-state index in [0.717, 1.165) is 60.5 Å². The van der Waals surface area contributed by atoms with E-state index in [2.05, 4.69) is 36.3 Å². The van der Waals surface area contributed by atoms with Gasteiger partial charge < -0.3 is 14.8 Å². The Balaban J connectivity index is 1.45. The number of halogens is 1. The van der Waals surface area contributed by atoms with Crippen molar-refractivity contribution in [2.45, 2.75) is 25.4 Å². The van der Waals surface area contributed by atoms with Crippen LogP contribution in [0.4, 0.5) is 5.82 Å². The molecule has 3 heterocycles.